The average Bonchev–Trinajstić information content (AvgIpc) is 3.18. The first-order chi connectivity index (χ1) is 12.6. The number of urea groups is 1. The molecule has 1 fully saturated rings. The van der Waals surface area contributed by atoms with Gasteiger partial charge >= 0.3 is 18.2 Å². The van der Waals surface area contributed by atoms with Gasteiger partial charge in [-0.15, -0.1) is 10.2 Å². The molecule has 2 aliphatic rings. The summed E-state index contributed by atoms with van der Waals surface area (Å²) in [7, 11) is 0. The van der Waals surface area contributed by atoms with E-state index in [1.165, 1.54) is 0 Å². The number of likely N-dealkylation sites (tertiary alicyclic amines) is 1. The summed E-state index contributed by atoms with van der Waals surface area (Å²) in [4.78, 5) is 24.5. The van der Waals surface area contributed by atoms with E-state index in [0.717, 1.165) is 16.5 Å². The fourth-order valence-corrected chi connectivity index (χ4v) is 3.71. The van der Waals surface area contributed by atoms with E-state index in [1.54, 1.807) is 0 Å². The molecule has 3 atom stereocenters. The summed E-state index contributed by atoms with van der Waals surface area (Å²) in [6, 6.07) is -0.938. The zero-order valence-electron chi connectivity index (χ0n) is 15.0. The molecule has 2 N–H and O–H groups in total. The van der Waals surface area contributed by atoms with E-state index in [4.69, 9.17) is 5.11 Å². The molecule has 1 aromatic heterocycles. The van der Waals surface area contributed by atoms with Crippen LogP contribution in [0.3, 0.4) is 0 Å². The first kappa shape index (κ1) is 19.4. The minimum Gasteiger partial charge on any atom is -0.481 e. The van der Waals surface area contributed by atoms with E-state index in [9.17, 15) is 22.8 Å². The number of fused-ring (bicyclic) bond motifs is 1. The number of hydrogen-bond donors (Lipinski definition) is 2. The van der Waals surface area contributed by atoms with Crippen molar-refractivity contribution >= 4 is 12.0 Å². The number of amides is 2. The number of carbonyl (C=O) groups excluding carboxylic acids is 1. The predicted molar refractivity (Wildman–Crippen MR) is 87.0 cm³/mol. The first-order valence-electron chi connectivity index (χ1n) is 8.84. The number of carboxylic acid groups (broad SMARTS) is 1. The maximum Gasteiger partial charge on any atom is 0.394 e. The van der Waals surface area contributed by atoms with Gasteiger partial charge in [0.05, 0.1) is 11.8 Å². The van der Waals surface area contributed by atoms with Crippen molar-refractivity contribution < 1.29 is 27.9 Å². The molecule has 0 aliphatic carbocycles. The second-order valence-corrected chi connectivity index (χ2v) is 7.42. The van der Waals surface area contributed by atoms with Crippen LogP contribution in [0.25, 0.3) is 0 Å². The lowest BCUT2D eigenvalue weighted by Gasteiger charge is -2.28. The standard InChI is InChI=1S/C16H22F3N5O3/c1-8(2)13-22-21-12-4-3-9(5-24(12)13)20-15(27)23-6-10(14(25)26)11(7-23)16(17,18)19/h8-11H,3-7H2,1-2H3,(H,20,27)(H,25,26)/t9?,10-,11-/m1/s1. The molecule has 1 saturated heterocycles. The number of nitrogens with one attached hydrogen (secondary N) is 1. The van der Waals surface area contributed by atoms with E-state index < -0.39 is 43.1 Å². The van der Waals surface area contributed by atoms with Gasteiger partial charge in [0.1, 0.15) is 11.6 Å². The number of aromatic nitrogens is 3. The lowest BCUT2D eigenvalue weighted by atomic mass is 9.96. The van der Waals surface area contributed by atoms with Gasteiger partial charge in [-0.3, -0.25) is 4.79 Å². The van der Waals surface area contributed by atoms with Gasteiger partial charge in [0.2, 0.25) is 0 Å². The van der Waals surface area contributed by atoms with Gasteiger partial charge in [-0.2, -0.15) is 13.2 Å². The highest BCUT2D eigenvalue weighted by molar-refractivity contribution is 5.78. The Balaban J connectivity index is 1.66. The lowest BCUT2D eigenvalue weighted by Crippen LogP contribution is -2.47. The van der Waals surface area contributed by atoms with E-state index in [2.05, 4.69) is 15.5 Å². The molecular formula is C16H22F3N5O3. The third kappa shape index (κ3) is 3.86. The summed E-state index contributed by atoms with van der Waals surface area (Å²) < 4.78 is 41.2. The summed E-state index contributed by atoms with van der Waals surface area (Å²) in [6.07, 6.45) is -3.46. The largest absolute Gasteiger partial charge is 0.481 e. The van der Waals surface area contributed by atoms with Crippen molar-refractivity contribution in [3.63, 3.8) is 0 Å². The zero-order valence-corrected chi connectivity index (χ0v) is 15.0. The normalized spacial score (nSPS) is 25.6. The van der Waals surface area contributed by atoms with Crippen LogP contribution in [0.5, 0.6) is 0 Å². The molecule has 2 amide bonds. The van der Waals surface area contributed by atoms with Crippen LogP contribution in [-0.2, 0) is 17.8 Å². The maximum absolute atomic E-state index is 13.1. The number of alkyl halides is 3. The second kappa shape index (κ2) is 7.01. The molecule has 0 bridgehead atoms. The Bertz CT molecular complexity index is 733. The van der Waals surface area contributed by atoms with Crippen LogP contribution in [0.1, 0.15) is 37.8 Å². The SMILES string of the molecule is CC(C)c1nnc2n1CC(NC(=O)N1C[C@@H](C(F)(F)F)[C@H](C(=O)O)C1)CC2. The Morgan fingerprint density at radius 2 is 1.93 bits per heavy atom. The van der Waals surface area contributed by atoms with E-state index in [-0.39, 0.29) is 12.0 Å². The molecule has 3 rings (SSSR count). The molecule has 8 nitrogen and oxygen atoms in total. The van der Waals surface area contributed by atoms with Crippen LogP contribution in [-0.4, -0.2) is 62.1 Å². The third-order valence-electron chi connectivity index (χ3n) is 5.16. The highest BCUT2D eigenvalue weighted by atomic mass is 19.4. The molecule has 150 valence electrons. The predicted octanol–water partition coefficient (Wildman–Crippen LogP) is 1.62. The molecule has 1 unspecified atom stereocenters. The van der Waals surface area contributed by atoms with Gasteiger partial charge < -0.3 is 19.9 Å². The van der Waals surface area contributed by atoms with Crippen LogP contribution in [0.2, 0.25) is 0 Å². The Morgan fingerprint density at radius 1 is 1.22 bits per heavy atom. The molecule has 1 aromatic rings. The molecule has 0 saturated carbocycles. The number of aryl methyl sites for hydroxylation is 1. The fraction of sp³-hybridized carbons (Fsp3) is 0.750. The highest BCUT2D eigenvalue weighted by Gasteiger charge is 2.53. The number of nitrogens with zero attached hydrogens (tertiary/aromatic N) is 4. The smallest absolute Gasteiger partial charge is 0.394 e. The number of halogens is 3. The Kier molecular flexibility index (Phi) is 5.04. The summed E-state index contributed by atoms with van der Waals surface area (Å²) in [5.41, 5.74) is 0. The second-order valence-electron chi connectivity index (χ2n) is 7.42. The van der Waals surface area contributed by atoms with Crippen molar-refractivity contribution in [2.24, 2.45) is 11.8 Å². The molecule has 3 heterocycles. The molecule has 27 heavy (non-hydrogen) atoms. The zero-order chi connectivity index (χ0) is 19.9. The van der Waals surface area contributed by atoms with Crippen molar-refractivity contribution in [1.29, 1.82) is 0 Å². The Morgan fingerprint density at radius 3 is 2.48 bits per heavy atom. The molecule has 0 radical (unpaired) electrons. The summed E-state index contributed by atoms with van der Waals surface area (Å²) in [5.74, 6) is -3.45. The quantitative estimate of drug-likeness (QED) is 0.818. The van der Waals surface area contributed by atoms with Crippen LogP contribution < -0.4 is 5.32 Å². The van der Waals surface area contributed by atoms with Crippen LogP contribution in [0.15, 0.2) is 0 Å². The Hall–Kier alpha value is -2.33. The monoisotopic (exact) mass is 389 g/mol. The molecule has 11 heteroatoms. The number of hydrogen-bond acceptors (Lipinski definition) is 4. The fourth-order valence-electron chi connectivity index (χ4n) is 3.71. The summed E-state index contributed by atoms with van der Waals surface area (Å²) in [6.45, 7) is 3.31. The minimum absolute atomic E-state index is 0.156. The van der Waals surface area contributed by atoms with Gasteiger partial charge in [-0.25, -0.2) is 4.79 Å². The molecule has 0 spiro atoms. The summed E-state index contributed by atoms with van der Waals surface area (Å²) >= 11 is 0. The molecular weight excluding hydrogens is 367 g/mol. The number of rotatable bonds is 3. The summed E-state index contributed by atoms with van der Waals surface area (Å²) in [5, 5.41) is 20.1. The van der Waals surface area contributed by atoms with E-state index >= 15 is 0 Å². The van der Waals surface area contributed by atoms with Crippen molar-refractivity contribution in [3.05, 3.63) is 11.6 Å². The van der Waals surface area contributed by atoms with Gasteiger partial charge in [0.25, 0.3) is 0 Å². The number of carboxylic acids is 1. The van der Waals surface area contributed by atoms with Crippen molar-refractivity contribution in [1.82, 2.24) is 25.0 Å². The highest BCUT2D eigenvalue weighted by Crippen LogP contribution is 2.37. The number of aliphatic carboxylic acids is 1. The average molecular weight is 389 g/mol. The molecule has 2 aliphatic heterocycles. The topological polar surface area (TPSA) is 100 Å². The maximum atomic E-state index is 13.1. The Labute approximate surface area is 153 Å². The van der Waals surface area contributed by atoms with Crippen LogP contribution >= 0.6 is 0 Å². The van der Waals surface area contributed by atoms with Crippen LogP contribution in [0, 0.1) is 11.8 Å². The lowest BCUT2D eigenvalue weighted by molar-refractivity contribution is -0.187. The van der Waals surface area contributed by atoms with Crippen molar-refractivity contribution in [2.45, 2.75) is 51.4 Å². The van der Waals surface area contributed by atoms with Crippen LogP contribution in [0.4, 0.5) is 18.0 Å². The minimum atomic E-state index is -4.66. The van der Waals surface area contributed by atoms with Gasteiger partial charge in [-0.05, 0) is 6.42 Å². The van der Waals surface area contributed by atoms with Gasteiger partial charge in [0, 0.05) is 38.0 Å². The molecule has 0 aromatic carbocycles. The van der Waals surface area contributed by atoms with Crippen molar-refractivity contribution in [2.75, 3.05) is 13.1 Å². The van der Waals surface area contributed by atoms with E-state index in [1.807, 2.05) is 18.4 Å². The third-order valence-corrected chi connectivity index (χ3v) is 5.16. The number of carbonyl (C=O) groups is 2. The first-order valence-corrected chi connectivity index (χ1v) is 8.84. The van der Waals surface area contributed by atoms with E-state index in [0.29, 0.717) is 19.4 Å². The van der Waals surface area contributed by atoms with Gasteiger partial charge in [0.15, 0.2) is 0 Å². The van der Waals surface area contributed by atoms with Gasteiger partial charge in [-0.1, -0.05) is 13.8 Å². The van der Waals surface area contributed by atoms with Crippen molar-refractivity contribution in [3.8, 4) is 0 Å².